The van der Waals surface area contributed by atoms with Crippen LogP contribution in [0.15, 0.2) is 24.3 Å². The lowest BCUT2D eigenvalue weighted by Gasteiger charge is -2.26. The van der Waals surface area contributed by atoms with Crippen LogP contribution >= 0.6 is 12.4 Å². The van der Waals surface area contributed by atoms with Gasteiger partial charge in [0.2, 0.25) is 0 Å². The van der Waals surface area contributed by atoms with Crippen LogP contribution < -0.4 is 10.2 Å². The van der Waals surface area contributed by atoms with E-state index in [4.69, 9.17) is 16.4 Å². The average Bonchev–Trinajstić information content (AvgIpc) is 3.37. The van der Waals surface area contributed by atoms with Crippen molar-refractivity contribution in [2.24, 2.45) is 0 Å². The van der Waals surface area contributed by atoms with E-state index in [-0.39, 0.29) is 36.8 Å². The monoisotopic (exact) mass is 582 g/mol. The Kier molecular flexibility index (Phi) is 17.2. The summed E-state index contributed by atoms with van der Waals surface area (Å²) in [6.45, 7) is 17.7. The molecule has 0 spiro atoms. The molecular weight excluding hydrogens is 532 g/mol. The summed E-state index contributed by atoms with van der Waals surface area (Å²) in [7, 11) is 0. The van der Waals surface area contributed by atoms with E-state index in [9.17, 15) is 15.0 Å². The molecule has 3 aliphatic heterocycles. The van der Waals surface area contributed by atoms with Crippen LogP contribution in [-0.2, 0) is 4.74 Å². The quantitative estimate of drug-likeness (QED) is 0.349. The van der Waals surface area contributed by atoms with E-state index in [1.807, 2.05) is 45.0 Å². The van der Waals surface area contributed by atoms with Gasteiger partial charge < -0.3 is 35.2 Å². The number of benzene rings is 1. The Balaban J connectivity index is 0.000000312. The van der Waals surface area contributed by atoms with Gasteiger partial charge >= 0.3 is 6.09 Å². The van der Waals surface area contributed by atoms with Crippen molar-refractivity contribution in [1.29, 1.82) is 0 Å². The van der Waals surface area contributed by atoms with Crippen molar-refractivity contribution >= 4 is 29.9 Å². The van der Waals surface area contributed by atoms with Crippen LogP contribution in [0.25, 0.3) is 4.85 Å². The molecule has 1 aromatic carbocycles. The van der Waals surface area contributed by atoms with Crippen molar-refractivity contribution in [3.05, 3.63) is 35.7 Å². The van der Waals surface area contributed by atoms with Gasteiger partial charge in [-0.25, -0.2) is 9.64 Å². The molecule has 9 nitrogen and oxygen atoms in total. The van der Waals surface area contributed by atoms with Crippen LogP contribution in [0.5, 0.6) is 0 Å². The third kappa shape index (κ3) is 15.1. The minimum atomic E-state index is -0.442. The average molecular weight is 583 g/mol. The second-order valence-corrected chi connectivity index (χ2v) is 11.6. The molecule has 3 atom stereocenters. The van der Waals surface area contributed by atoms with Gasteiger partial charge in [0.05, 0.1) is 24.9 Å². The first kappa shape index (κ1) is 35.9. The predicted octanol–water partition coefficient (Wildman–Crippen LogP) is 4.90. The number of likely N-dealkylation sites (tertiary alicyclic amines) is 1. The molecule has 3 fully saturated rings. The number of hydrogen-bond acceptors (Lipinski definition) is 7. The first-order valence-corrected chi connectivity index (χ1v) is 14.5. The molecule has 3 heterocycles. The molecule has 40 heavy (non-hydrogen) atoms. The summed E-state index contributed by atoms with van der Waals surface area (Å²) in [6, 6.07) is 7.68. The smallest absolute Gasteiger partial charge is 0.410 e. The number of amides is 1. The number of carbonyl (C=O) groups is 1. The normalized spacial score (nSPS) is 23.7. The van der Waals surface area contributed by atoms with Crippen molar-refractivity contribution in [2.75, 3.05) is 44.2 Å². The number of rotatable bonds is 1. The van der Waals surface area contributed by atoms with Gasteiger partial charge in [-0.1, -0.05) is 12.1 Å². The molecule has 228 valence electrons. The summed E-state index contributed by atoms with van der Waals surface area (Å²) >= 11 is 0. The van der Waals surface area contributed by atoms with Crippen molar-refractivity contribution in [3.63, 3.8) is 0 Å². The number of ether oxygens (including phenoxy) is 1. The highest BCUT2D eigenvalue weighted by Crippen LogP contribution is 2.23. The number of nitrogens with zero attached hydrogens (tertiary/aromatic N) is 3. The van der Waals surface area contributed by atoms with E-state index in [0.29, 0.717) is 25.2 Å². The van der Waals surface area contributed by atoms with Crippen molar-refractivity contribution in [3.8, 4) is 0 Å². The third-order valence-electron chi connectivity index (χ3n) is 6.94. The molecule has 0 aliphatic carbocycles. The van der Waals surface area contributed by atoms with E-state index in [1.165, 1.54) is 0 Å². The first-order chi connectivity index (χ1) is 18.6. The topological polar surface area (TPSA) is 110 Å². The summed E-state index contributed by atoms with van der Waals surface area (Å²) in [5.74, 6) is 0. The molecule has 3 saturated heterocycles. The SMILES string of the molecule is CC(C)(C)OC(=O)N1CCCC(O)CC1.Cl.OC1CCCNCC1.[C-]#[N+]c1ccc(N2CCCC(O)CC2)cc1. The molecule has 1 aromatic rings. The fraction of sp³-hybridized carbons (Fsp3) is 0.733. The number of nitrogens with one attached hydrogen (secondary N) is 1. The Labute approximate surface area is 247 Å². The lowest BCUT2D eigenvalue weighted by Crippen LogP contribution is -2.37. The Morgan fingerprint density at radius 2 is 1.43 bits per heavy atom. The maximum absolute atomic E-state index is 11.7. The standard InChI is InChI=1S/C13H16N2O.C11H21NO3.C6H13NO.ClH/c1-14-11-4-6-12(7-5-11)15-9-2-3-13(16)8-10-15;1-11(2,3)15-10(14)12-7-4-5-9(13)6-8-12;8-6-2-1-4-7-5-3-6;/h4-7,13,16H,2-3,8-10H2;9,13H,4-8H2,1-3H3;6-8H,1-5H2;1H. The van der Waals surface area contributed by atoms with Gasteiger partial charge in [0.25, 0.3) is 0 Å². The number of hydrogen-bond donors (Lipinski definition) is 4. The highest BCUT2D eigenvalue weighted by atomic mass is 35.5. The molecule has 10 heteroatoms. The van der Waals surface area contributed by atoms with Crippen LogP contribution in [-0.4, -0.2) is 89.5 Å². The molecule has 0 bridgehead atoms. The highest BCUT2D eigenvalue weighted by Gasteiger charge is 2.24. The van der Waals surface area contributed by atoms with Crippen molar-refractivity contribution < 1.29 is 24.9 Å². The summed E-state index contributed by atoms with van der Waals surface area (Å²) in [5, 5.41) is 31.3. The van der Waals surface area contributed by atoms with Gasteiger partial charge in [0, 0.05) is 31.9 Å². The number of anilines is 1. The zero-order chi connectivity index (χ0) is 28.7. The minimum Gasteiger partial charge on any atom is -0.444 e. The van der Waals surface area contributed by atoms with Gasteiger partial charge in [-0.2, -0.15) is 0 Å². The first-order valence-electron chi connectivity index (χ1n) is 14.5. The maximum Gasteiger partial charge on any atom is 0.410 e. The van der Waals surface area contributed by atoms with E-state index in [1.54, 1.807) is 4.90 Å². The zero-order valence-corrected chi connectivity index (χ0v) is 25.4. The summed E-state index contributed by atoms with van der Waals surface area (Å²) < 4.78 is 5.27. The zero-order valence-electron chi connectivity index (χ0n) is 24.6. The van der Waals surface area contributed by atoms with Gasteiger partial charge in [-0.15, -0.1) is 12.4 Å². The molecule has 1 amide bonds. The third-order valence-corrected chi connectivity index (χ3v) is 6.94. The second-order valence-electron chi connectivity index (χ2n) is 11.6. The maximum atomic E-state index is 11.7. The Morgan fingerprint density at radius 1 is 0.850 bits per heavy atom. The van der Waals surface area contributed by atoms with Crippen molar-refractivity contribution in [1.82, 2.24) is 10.2 Å². The van der Waals surface area contributed by atoms with E-state index in [0.717, 1.165) is 83.2 Å². The molecule has 4 N–H and O–H groups in total. The molecule has 0 aromatic heterocycles. The molecule has 3 unspecified atom stereocenters. The molecule has 0 radical (unpaired) electrons. The number of aliphatic hydroxyl groups excluding tert-OH is 3. The lowest BCUT2D eigenvalue weighted by atomic mass is 10.2. The van der Waals surface area contributed by atoms with Crippen LogP contribution in [0.4, 0.5) is 16.2 Å². The predicted molar refractivity (Wildman–Crippen MR) is 162 cm³/mol. The Bertz CT molecular complexity index is 866. The fourth-order valence-corrected chi connectivity index (χ4v) is 4.66. The summed E-state index contributed by atoms with van der Waals surface area (Å²) in [5.41, 5.74) is 1.39. The Morgan fingerprint density at radius 3 is 2.05 bits per heavy atom. The van der Waals surface area contributed by atoms with E-state index >= 15 is 0 Å². The molecule has 4 rings (SSSR count). The number of aliphatic hydroxyl groups is 3. The van der Waals surface area contributed by atoms with Gasteiger partial charge in [-0.3, -0.25) is 0 Å². The van der Waals surface area contributed by atoms with E-state index < -0.39 is 5.60 Å². The summed E-state index contributed by atoms with van der Waals surface area (Å²) in [4.78, 5) is 19.0. The second kappa shape index (κ2) is 19.1. The van der Waals surface area contributed by atoms with Crippen LogP contribution in [0.2, 0.25) is 0 Å². The highest BCUT2D eigenvalue weighted by molar-refractivity contribution is 5.85. The largest absolute Gasteiger partial charge is 0.444 e. The van der Waals surface area contributed by atoms with Gasteiger partial charge in [0.15, 0.2) is 5.69 Å². The molecular formula is C30H51ClN4O5. The van der Waals surface area contributed by atoms with Gasteiger partial charge in [0.1, 0.15) is 5.60 Å². The fourth-order valence-electron chi connectivity index (χ4n) is 4.66. The van der Waals surface area contributed by atoms with Crippen LogP contribution in [0, 0.1) is 6.57 Å². The molecule has 3 aliphatic rings. The number of carbonyl (C=O) groups excluding carboxylic acids is 1. The number of halogens is 1. The summed E-state index contributed by atoms with van der Waals surface area (Å²) in [6.07, 6.45) is 7.37. The Hall–Kier alpha value is -2.09. The van der Waals surface area contributed by atoms with Crippen molar-refractivity contribution in [2.45, 2.75) is 102 Å². The van der Waals surface area contributed by atoms with E-state index in [2.05, 4.69) is 15.1 Å². The molecule has 0 saturated carbocycles. The minimum absolute atomic E-state index is 0. The van der Waals surface area contributed by atoms with Gasteiger partial charge in [-0.05, 0) is 104 Å². The van der Waals surface area contributed by atoms with Crippen LogP contribution in [0.3, 0.4) is 0 Å². The lowest BCUT2D eigenvalue weighted by molar-refractivity contribution is 0.0250. The van der Waals surface area contributed by atoms with Crippen LogP contribution in [0.1, 0.15) is 78.6 Å².